The van der Waals surface area contributed by atoms with E-state index < -0.39 is 0 Å². The number of anilines is 1. The summed E-state index contributed by atoms with van der Waals surface area (Å²) < 4.78 is 0. The van der Waals surface area contributed by atoms with Crippen LogP contribution in [0, 0.1) is 0 Å². The van der Waals surface area contributed by atoms with Gasteiger partial charge in [-0.15, -0.1) is 0 Å². The van der Waals surface area contributed by atoms with E-state index in [2.05, 4.69) is 16.4 Å². The molecular weight excluding hydrogens is 202 g/mol. The van der Waals surface area contributed by atoms with E-state index in [0.29, 0.717) is 16.9 Å². The smallest absolute Gasteiger partial charge is 0.154 e. The van der Waals surface area contributed by atoms with E-state index in [4.69, 9.17) is 5.73 Å². The van der Waals surface area contributed by atoms with E-state index in [1.807, 2.05) is 0 Å². The average Bonchev–Trinajstić information content (AvgIpc) is 2.57. The quantitative estimate of drug-likeness (QED) is 0.731. The molecule has 84 valence electrons. The summed E-state index contributed by atoms with van der Waals surface area (Å²) in [5.74, 6) is 0. The lowest BCUT2D eigenvalue weighted by Gasteiger charge is -2.09. The zero-order chi connectivity index (χ0) is 11.4. The number of aromatic nitrogens is 1. The van der Waals surface area contributed by atoms with Crippen LogP contribution < -0.4 is 11.1 Å². The molecule has 16 heavy (non-hydrogen) atoms. The summed E-state index contributed by atoms with van der Waals surface area (Å²) in [5, 5.41) is 3.30. The van der Waals surface area contributed by atoms with Crippen LogP contribution in [-0.4, -0.2) is 24.4 Å². The molecule has 4 heteroatoms. The van der Waals surface area contributed by atoms with E-state index in [1.54, 1.807) is 12.3 Å². The van der Waals surface area contributed by atoms with Crippen molar-refractivity contribution in [3.8, 4) is 0 Å². The van der Waals surface area contributed by atoms with Crippen molar-refractivity contribution in [1.29, 1.82) is 0 Å². The van der Waals surface area contributed by atoms with Crippen LogP contribution >= 0.6 is 0 Å². The third kappa shape index (κ3) is 2.12. The molecule has 0 amide bonds. The first kappa shape index (κ1) is 10.8. The fourth-order valence-corrected chi connectivity index (χ4v) is 1.85. The SMILES string of the molecule is Nc1ccnc(C2=CCCCNC2)c1C=O. The van der Waals surface area contributed by atoms with E-state index in [-0.39, 0.29) is 0 Å². The van der Waals surface area contributed by atoms with Gasteiger partial charge < -0.3 is 11.1 Å². The van der Waals surface area contributed by atoms with Crippen LogP contribution in [0.5, 0.6) is 0 Å². The minimum absolute atomic E-state index is 0.491. The lowest BCUT2D eigenvalue weighted by Crippen LogP contribution is -2.17. The Balaban J connectivity index is 2.42. The first-order valence-electron chi connectivity index (χ1n) is 5.42. The Labute approximate surface area is 94.6 Å². The molecule has 0 saturated heterocycles. The molecule has 3 N–H and O–H groups in total. The predicted molar refractivity (Wildman–Crippen MR) is 64.1 cm³/mol. The van der Waals surface area contributed by atoms with Crippen molar-refractivity contribution in [3.63, 3.8) is 0 Å². The van der Waals surface area contributed by atoms with Crippen LogP contribution in [0.2, 0.25) is 0 Å². The molecule has 1 aromatic heterocycles. The molecule has 2 rings (SSSR count). The molecule has 1 aromatic rings. The molecule has 0 bridgehead atoms. The maximum atomic E-state index is 11.0. The number of nitrogens with one attached hydrogen (secondary N) is 1. The second kappa shape index (κ2) is 4.90. The van der Waals surface area contributed by atoms with Crippen molar-refractivity contribution in [2.45, 2.75) is 12.8 Å². The molecule has 0 aromatic carbocycles. The molecule has 0 saturated carbocycles. The van der Waals surface area contributed by atoms with Gasteiger partial charge in [0.25, 0.3) is 0 Å². The highest BCUT2D eigenvalue weighted by Crippen LogP contribution is 2.21. The van der Waals surface area contributed by atoms with Crippen LogP contribution in [0.25, 0.3) is 5.57 Å². The van der Waals surface area contributed by atoms with Crippen LogP contribution in [0.1, 0.15) is 28.9 Å². The number of carbonyl (C=O) groups excluding carboxylic acids is 1. The molecule has 0 radical (unpaired) electrons. The second-order valence-electron chi connectivity index (χ2n) is 3.83. The van der Waals surface area contributed by atoms with Crippen LogP contribution in [-0.2, 0) is 0 Å². The van der Waals surface area contributed by atoms with Crippen molar-refractivity contribution >= 4 is 17.5 Å². The first-order valence-corrected chi connectivity index (χ1v) is 5.42. The van der Waals surface area contributed by atoms with Gasteiger partial charge in [0.2, 0.25) is 0 Å². The largest absolute Gasteiger partial charge is 0.398 e. The topological polar surface area (TPSA) is 68.0 Å². The molecule has 0 fully saturated rings. The van der Waals surface area contributed by atoms with Crippen molar-refractivity contribution < 1.29 is 4.79 Å². The summed E-state index contributed by atoms with van der Waals surface area (Å²) in [7, 11) is 0. The zero-order valence-corrected chi connectivity index (χ0v) is 9.07. The van der Waals surface area contributed by atoms with Gasteiger partial charge in [0.05, 0.1) is 11.3 Å². The van der Waals surface area contributed by atoms with Crippen LogP contribution in [0.3, 0.4) is 0 Å². The fraction of sp³-hybridized carbons (Fsp3) is 0.333. The standard InChI is InChI=1S/C12H15N3O/c13-11-4-6-15-12(10(11)8-16)9-3-1-2-5-14-7-9/h3-4,6,8,14H,1-2,5,7H2,(H2,13,15). The van der Waals surface area contributed by atoms with Gasteiger partial charge in [-0.2, -0.15) is 0 Å². The number of nitrogens with two attached hydrogens (primary N) is 1. The first-order chi connectivity index (χ1) is 7.83. The lowest BCUT2D eigenvalue weighted by molar-refractivity contribution is 0.112. The van der Waals surface area contributed by atoms with Gasteiger partial charge in [-0.05, 0) is 31.0 Å². The van der Waals surface area contributed by atoms with Gasteiger partial charge in [0.1, 0.15) is 0 Å². The fourth-order valence-electron chi connectivity index (χ4n) is 1.85. The molecular formula is C12H15N3O. The van der Waals surface area contributed by atoms with E-state index >= 15 is 0 Å². The molecule has 2 heterocycles. The summed E-state index contributed by atoms with van der Waals surface area (Å²) in [6.45, 7) is 1.75. The van der Waals surface area contributed by atoms with Gasteiger partial charge in [-0.25, -0.2) is 0 Å². The van der Waals surface area contributed by atoms with E-state index in [9.17, 15) is 4.79 Å². The summed E-state index contributed by atoms with van der Waals surface area (Å²) in [5.41, 5.74) is 8.52. The number of nitrogens with zero attached hydrogens (tertiary/aromatic N) is 1. The minimum Gasteiger partial charge on any atom is -0.398 e. The molecule has 0 spiro atoms. The highest BCUT2D eigenvalue weighted by atomic mass is 16.1. The monoisotopic (exact) mass is 217 g/mol. The number of carbonyl (C=O) groups is 1. The minimum atomic E-state index is 0.491. The number of pyridine rings is 1. The number of hydrogen-bond donors (Lipinski definition) is 2. The van der Waals surface area contributed by atoms with Crippen molar-refractivity contribution in [3.05, 3.63) is 29.6 Å². The Kier molecular flexibility index (Phi) is 3.31. The van der Waals surface area contributed by atoms with Crippen molar-refractivity contribution in [1.82, 2.24) is 10.3 Å². The highest BCUT2D eigenvalue weighted by Gasteiger charge is 2.12. The van der Waals surface area contributed by atoms with Crippen molar-refractivity contribution in [2.75, 3.05) is 18.8 Å². The number of aldehydes is 1. The van der Waals surface area contributed by atoms with E-state index in [1.165, 1.54) is 0 Å². The highest BCUT2D eigenvalue weighted by molar-refractivity contribution is 5.90. The maximum Gasteiger partial charge on any atom is 0.154 e. The zero-order valence-electron chi connectivity index (χ0n) is 9.07. The summed E-state index contributed by atoms with van der Waals surface area (Å²) >= 11 is 0. The predicted octanol–water partition coefficient (Wildman–Crippen LogP) is 1.24. The molecule has 0 atom stereocenters. The Morgan fingerprint density at radius 3 is 3.19 bits per heavy atom. The number of nitrogen functional groups attached to an aromatic ring is 1. The molecule has 1 aliphatic heterocycles. The van der Waals surface area contributed by atoms with Crippen LogP contribution in [0.15, 0.2) is 18.3 Å². The number of allylic oxidation sites excluding steroid dienone is 1. The summed E-state index contributed by atoms with van der Waals surface area (Å²) in [6, 6.07) is 1.65. The Morgan fingerprint density at radius 2 is 2.38 bits per heavy atom. The average molecular weight is 217 g/mol. The Morgan fingerprint density at radius 1 is 1.50 bits per heavy atom. The third-order valence-corrected chi connectivity index (χ3v) is 2.71. The van der Waals surface area contributed by atoms with Gasteiger partial charge in [-0.3, -0.25) is 9.78 Å². The second-order valence-corrected chi connectivity index (χ2v) is 3.83. The maximum absolute atomic E-state index is 11.0. The number of rotatable bonds is 2. The van der Waals surface area contributed by atoms with Gasteiger partial charge >= 0.3 is 0 Å². The molecule has 4 nitrogen and oxygen atoms in total. The Bertz CT molecular complexity index is 426. The summed E-state index contributed by atoms with van der Waals surface area (Å²) in [4.78, 5) is 15.3. The van der Waals surface area contributed by atoms with Gasteiger partial charge in [-0.1, -0.05) is 6.08 Å². The van der Waals surface area contributed by atoms with Crippen molar-refractivity contribution in [2.24, 2.45) is 0 Å². The normalized spacial score (nSPS) is 16.4. The molecule has 0 unspecified atom stereocenters. The molecule has 0 aliphatic carbocycles. The summed E-state index contributed by atoms with van der Waals surface area (Å²) in [6.07, 6.45) is 6.68. The Hall–Kier alpha value is -1.68. The third-order valence-electron chi connectivity index (χ3n) is 2.71. The van der Waals surface area contributed by atoms with Gasteiger partial charge in [0.15, 0.2) is 6.29 Å². The van der Waals surface area contributed by atoms with E-state index in [0.717, 1.165) is 37.8 Å². The molecule has 1 aliphatic rings. The van der Waals surface area contributed by atoms with Crippen LogP contribution in [0.4, 0.5) is 5.69 Å². The number of hydrogen-bond acceptors (Lipinski definition) is 4. The lowest BCUT2D eigenvalue weighted by atomic mass is 10.0. The van der Waals surface area contributed by atoms with Gasteiger partial charge in [0, 0.05) is 18.4 Å².